The summed E-state index contributed by atoms with van der Waals surface area (Å²) in [5.41, 5.74) is 2.78. The molecule has 1 aromatic carbocycles. The molecule has 0 aromatic heterocycles. The lowest BCUT2D eigenvalue weighted by atomic mass is 9.80. The molecular weight excluding hydrogens is 214 g/mol. The smallest absolute Gasteiger partial charge is 0.404 e. The summed E-state index contributed by atoms with van der Waals surface area (Å²) in [5, 5.41) is 11.3. The van der Waals surface area contributed by atoms with E-state index >= 15 is 0 Å². The van der Waals surface area contributed by atoms with Crippen molar-refractivity contribution in [1.82, 2.24) is 5.32 Å². The largest absolute Gasteiger partial charge is 0.465 e. The predicted octanol–water partition coefficient (Wildman–Crippen LogP) is 3.29. The summed E-state index contributed by atoms with van der Waals surface area (Å²) in [7, 11) is 0. The van der Waals surface area contributed by atoms with Gasteiger partial charge < -0.3 is 10.4 Å². The van der Waals surface area contributed by atoms with Gasteiger partial charge in [-0.3, -0.25) is 0 Å². The van der Waals surface area contributed by atoms with Crippen molar-refractivity contribution in [3.63, 3.8) is 0 Å². The van der Waals surface area contributed by atoms with Gasteiger partial charge in [0.2, 0.25) is 0 Å². The number of amides is 1. The summed E-state index contributed by atoms with van der Waals surface area (Å²) < 4.78 is 0. The van der Waals surface area contributed by atoms with Gasteiger partial charge >= 0.3 is 6.09 Å². The summed E-state index contributed by atoms with van der Waals surface area (Å²) in [6.45, 7) is 2.15. The predicted molar refractivity (Wildman–Crippen MR) is 67.3 cm³/mol. The summed E-state index contributed by atoms with van der Waals surface area (Å²) in [5.74, 6) is 0.600. The quantitative estimate of drug-likeness (QED) is 0.823. The number of hydrogen-bond acceptors (Lipinski definition) is 1. The van der Waals surface area contributed by atoms with E-state index in [0.29, 0.717) is 5.92 Å². The molecule has 0 heterocycles. The van der Waals surface area contributed by atoms with Crippen LogP contribution in [0.1, 0.15) is 42.7 Å². The van der Waals surface area contributed by atoms with Gasteiger partial charge in [-0.05, 0) is 49.7 Å². The van der Waals surface area contributed by atoms with Crippen molar-refractivity contribution in [2.75, 3.05) is 0 Å². The number of nitrogens with one attached hydrogen (secondary N) is 1. The van der Waals surface area contributed by atoms with E-state index in [-0.39, 0.29) is 6.04 Å². The maximum Gasteiger partial charge on any atom is 0.404 e. The average molecular weight is 233 g/mol. The first-order valence-electron chi connectivity index (χ1n) is 6.22. The van der Waals surface area contributed by atoms with Crippen LogP contribution >= 0.6 is 0 Å². The van der Waals surface area contributed by atoms with E-state index in [1.165, 1.54) is 11.1 Å². The van der Waals surface area contributed by atoms with Crippen LogP contribution in [0.15, 0.2) is 24.3 Å². The zero-order valence-electron chi connectivity index (χ0n) is 10.1. The molecule has 1 saturated carbocycles. The van der Waals surface area contributed by atoms with Crippen molar-refractivity contribution in [3.8, 4) is 0 Å². The van der Waals surface area contributed by atoms with Crippen molar-refractivity contribution in [1.29, 1.82) is 0 Å². The molecule has 1 aromatic rings. The van der Waals surface area contributed by atoms with Crippen LogP contribution in [0.3, 0.4) is 0 Å². The van der Waals surface area contributed by atoms with Crippen LogP contribution in [0, 0.1) is 6.92 Å². The zero-order valence-corrected chi connectivity index (χ0v) is 10.1. The lowest BCUT2D eigenvalue weighted by Gasteiger charge is -2.29. The fraction of sp³-hybridized carbons (Fsp3) is 0.500. The van der Waals surface area contributed by atoms with Crippen LogP contribution in [0.2, 0.25) is 0 Å². The van der Waals surface area contributed by atoms with E-state index in [1.807, 2.05) is 0 Å². The molecule has 2 N–H and O–H groups in total. The van der Waals surface area contributed by atoms with E-state index in [9.17, 15) is 4.79 Å². The van der Waals surface area contributed by atoms with Crippen molar-refractivity contribution < 1.29 is 9.90 Å². The Morgan fingerprint density at radius 2 is 1.88 bits per heavy atom. The topological polar surface area (TPSA) is 49.3 Å². The second-order valence-electron chi connectivity index (χ2n) is 4.85. The van der Waals surface area contributed by atoms with Crippen LogP contribution in [0.4, 0.5) is 4.79 Å². The van der Waals surface area contributed by atoms with Gasteiger partial charge in [-0.15, -0.1) is 0 Å². The van der Waals surface area contributed by atoms with Crippen molar-refractivity contribution >= 4 is 6.09 Å². The van der Waals surface area contributed by atoms with E-state index in [2.05, 4.69) is 36.5 Å². The lowest BCUT2D eigenvalue weighted by molar-refractivity contribution is 0.185. The highest BCUT2D eigenvalue weighted by Crippen LogP contribution is 2.34. The minimum Gasteiger partial charge on any atom is -0.465 e. The first-order chi connectivity index (χ1) is 8.16. The first kappa shape index (κ1) is 12.0. The minimum atomic E-state index is -0.899. The van der Waals surface area contributed by atoms with E-state index in [4.69, 9.17) is 5.11 Å². The van der Waals surface area contributed by atoms with Crippen LogP contribution in [-0.2, 0) is 0 Å². The first-order valence-corrected chi connectivity index (χ1v) is 6.22. The molecule has 0 atom stereocenters. The molecular formula is C14H19NO2. The molecule has 0 radical (unpaired) electrons. The molecule has 0 spiro atoms. The van der Waals surface area contributed by atoms with Gasteiger partial charge in [0.15, 0.2) is 0 Å². The van der Waals surface area contributed by atoms with Gasteiger partial charge in [-0.2, -0.15) is 0 Å². The Balaban J connectivity index is 1.95. The molecule has 2 rings (SSSR count). The molecule has 17 heavy (non-hydrogen) atoms. The SMILES string of the molecule is Cc1ccccc1C1CCC(NC(=O)O)CC1. The molecule has 0 bridgehead atoms. The fourth-order valence-corrected chi connectivity index (χ4v) is 2.77. The van der Waals surface area contributed by atoms with Gasteiger partial charge in [-0.25, -0.2) is 4.79 Å². The number of benzene rings is 1. The monoisotopic (exact) mass is 233 g/mol. The third-order valence-corrected chi connectivity index (χ3v) is 3.68. The summed E-state index contributed by atoms with van der Waals surface area (Å²) in [6.07, 6.45) is 3.16. The third kappa shape index (κ3) is 2.99. The Morgan fingerprint density at radius 1 is 1.24 bits per heavy atom. The minimum absolute atomic E-state index is 0.146. The highest BCUT2D eigenvalue weighted by molar-refractivity contribution is 5.64. The van der Waals surface area contributed by atoms with E-state index in [1.54, 1.807) is 0 Å². The molecule has 1 fully saturated rings. The Hall–Kier alpha value is -1.51. The highest BCUT2D eigenvalue weighted by Gasteiger charge is 2.23. The highest BCUT2D eigenvalue weighted by atomic mass is 16.4. The molecule has 0 aliphatic heterocycles. The van der Waals surface area contributed by atoms with Crippen LogP contribution < -0.4 is 5.32 Å². The number of carbonyl (C=O) groups is 1. The van der Waals surface area contributed by atoms with Crippen LogP contribution in [-0.4, -0.2) is 17.2 Å². The molecule has 0 saturated heterocycles. The van der Waals surface area contributed by atoms with Gasteiger partial charge in [0.25, 0.3) is 0 Å². The van der Waals surface area contributed by atoms with Crippen LogP contribution in [0.25, 0.3) is 0 Å². The molecule has 1 amide bonds. The Labute approximate surface area is 102 Å². The average Bonchev–Trinajstić information content (AvgIpc) is 2.30. The second-order valence-corrected chi connectivity index (χ2v) is 4.85. The molecule has 1 aliphatic carbocycles. The normalized spacial score (nSPS) is 24.3. The standard InChI is InChI=1S/C14H19NO2/c1-10-4-2-3-5-13(10)11-6-8-12(9-7-11)15-14(16)17/h2-5,11-12,15H,6-9H2,1H3,(H,16,17). The Kier molecular flexibility index (Phi) is 3.67. The van der Waals surface area contributed by atoms with Crippen molar-refractivity contribution in [2.45, 2.75) is 44.6 Å². The Morgan fingerprint density at radius 3 is 2.47 bits per heavy atom. The third-order valence-electron chi connectivity index (χ3n) is 3.68. The molecule has 3 nitrogen and oxygen atoms in total. The number of hydrogen-bond donors (Lipinski definition) is 2. The maximum atomic E-state index is 10.6. The summed E-state index contributed by atoms with van der Waals surface area (Å²) >= 11 is 0. The summed E-state index contributed by atoms with van der Waals surface area (Å²) in [4.78, 5) is 10.6. The fourth-order valence-electron chi connectivity index (χ4n) is 2.77. The van der Waals surface area contributed by atoms with Crippen molar-refractivity contribution in [2.24, 2.45) is 0 Å². The van der Waals surface area contributed by atoms with Gasteiger partial charge in [0, 0.05) is 6.04 Å². The number of rotatable bonds is 2. The van der Waals surface area contributed by atoms with Gasteiger partial charge in [0.05, 0.1) is 0 Å². The van der Waals surface area contributed by atoms with E-state index < -0.39 is 6.09 Å². The van der Waals surface area contributed by atoms with Gasteiger partial charge in [-0.1, -0.05) is 24.3 Å². The molecule has 0 unspecified atom stereocenters. The molecule has 92 valence electrons. The van der Waals surface area contributed by atoms with Crippen LogP contribution in [0.5, 0.6) is 0 Å². The van der Waals surface area contributed by atoms with Crippen molar-refractivity contribution in [3.05, 3.63) is 35.4 Å². The second kappa shape index (κ2) is 5.21. The number of carboxylic acid groups (broad SMARTS) is 1. The zero-order chi connectivity index (χ0) is 12.3. The Bertz CT molecular complexity index is 395. The number of aryl methyl sites for hydroxylation is 1. The maximum absolute atomic E-state index is 10.6. The molecule has 1 aliphatic rings. The van der Waals surface area contributed by atoms with Gasteiger partial charge in [0.1, 0.15) is 0 Å². The molecule has 3 heteroatoms. The summed E-state index contributed by atoms with van der Waals surface area (Å²) in [6, 6.07) is 8.65. The van der Waals surface area contributed by atoms with E-state index in [0.717, 1.165) is 25.7 Å². The lowest BCUT2D eigenvalue weighted by Crippen LogP contribution is -2.36.